The minimum absolute atomic E-state index is 0.0454. The molecule has 2 amide bonds. The number of thiazole rings is 1. The molecule has 1 aliphatic heterocycles. The first-order chi connectivity index (χ1) is 14.6. The van der Waals surface area contributed by atoms with Gasteiger partial charge in [0.2, 0.25) is 11.8 Å². The van der Waals surface area contributed by atoms with Crippen molar-refractivity contribution in [2.45, 2.75) is 66.2 Å². The molecule has 7 heteroatoms. The Kier molecular flexibility index (Phi) is 7.17. The van der Waals surface area contributed by atoms with Crippen molar-refractivity contribution in [3.8, 4) is 10.4 Å². The van der Waals surface area contributed by atoms with E-state index in [4.69, 9.17) is 0 Å². The second-order valence-electron chi connectivity index (χ2n) is 9.40. The number of likely N-dealkylation sites (tertiary alicyclic amines) is 1. The second-order valence-corrected chi connectivity index (χ2v) is 10.3. The van der Waals surface area contributed by atoms with Gasteiger partial charge in [-0.05, 0) is 29.9 Å². The zero-order chi connectivity index (χ0) is 22.8. The maximum absolute atomic E-state index is 13.2. The predicted octanol–water partition coefficient (Wildman–Crippen LogP) is 3.77. The summed E-state index contributed by atoms with van der Waals surface area (Å²) in [5.74, 6) is -0.442. The first kappa shape index (κ1) is 23.4. The lowest BCUT2D eigenvalue weighted by atomic mass is 9.78. The molecule has 2 N–H and O–H groups in total. The SMILES string of the molecule is CC[C@H](C(=O)N1C[C@@H](O)C[C@H]1C(=O)NCc1ccc(-c2scnc2C)cc1)C(C)(C)C. The number of amides is 2. The van der Waals surface area contributed by atoms with Gasteiger partial charge in [-0.15, -0.1) is 11.3 Å². The molecule has 0 bridgehead atoms. The number of nitrogens with one attached hydrogen (secondary N) is 1. The van der Waals surface area contributed by atoms with Gasteiger partial charge >= 0.3 is 0 Å². The van der Waals surface area contributed by atoms with Crippen LogP contribution in [0.5, 0.6) is 0 Å². The van der Waals surface area contributed by atoms with Gasteiger partial charge in [-0.25, -0.2) is 4.98 Å². The molecule has 1 fully saturated rings. The summed E-state index contributed by atoms with van der Waals surface area (Å²) in [5.41, 5.74) is 4.75. The van der Waals surface area contributed by atoms with E-state index in [0.29, 0.717) is 13.0 Å². The Morgan fingerprint density at radius 3 is 2.52 bits per heavy atom. The van der Waals surface area contributed by atoms with Crippen LogP contribution >= 0.6 is 11.3 Å². The third-order valence-electron chi connectivity index (χ3n) is 6.04. The molecule has 0 saturated carbocycles. The number of rotatable bonds is 6. The fourth-order valence-corrected chi connectivity index (χ4v) is 5.14. The summed E-state index contributed by atoms with van der Waals surface area (Å²) in [6.07, 6.45) is 0.315. The smallest absolute Gasteiger partial charge is 0.243 e. The highest BCUT2D eigenvalue weighted by Crippen LogP contribution is 2.33. The maximum atomic E-state index is 13.2. The zero-order valence-corrected chi connectivity index (χ0v) is 19.8. The number of nitrogens with zero attached hydrogens (tertiary/aromatic N) is 2. The van der Waals surface area contributed by atoms with Crippen molar-refractivity contribution in [2.75, 3.05) is 6.54 Å². The van der Waals surface area contributed by atoms with Crippen molar-refractivity contribution in [3.63, 3.8) is 0 Å². The summed E-state index contributed by atoms with van der Waals surface area (Å²) < 4.78 is 0. The fraction of sp³-hybridized carbons (Fsp3) is 0.542. The fourth-order valence-electron chi connectivity index (χ4n) is 4.32. The average Bonchev–Trinajstić information content (AvgIpc) is 3.31. The van der Waals surface area contributed by atoms with Crippen LogP contribution in [-0.4, -0.2) is 45.5 Å². The van der Waals surface area contributed by atoms with Crippen LogP contribution in [0.4, 0.5) is 0 Å². The van der Waals surface area contributed by atoms with Crippen molar-refractivity contribution in [2.24, 2.45) is 11.3 Å². The van der Waals surface area contributed by atoms with Crippen LogP contribution in [0.3, 0.4) is 0 Å². The molecule has 1 aromatic carbocycles. The van der Waals surface area contributed by atoms with E-state index in [1.165, 1.54) is 0 Å². The molecule has 2 aromatic rings. The van der Waals surface area contributed by atoms with Crippen LogP contribution in [0.2, 0.25) is 0 Å². The lowest BCUT2D eigenvalue weighted by molar-refractivity contribution is -0.144. The molecule has 0 aliphatic carbocycles. The average molecular weight is 444 g/mol. The van der Waals surface area contributed by atoms with Gasteiger partial charge in [-0.2, -0.15) is 0 Å². The topological polar surface area (TPSA) is 82.5 Å². The van der Waals surface area contributed by atoms with Gasteiger partial charge in [0.15, 0.2) is 0 Å². The van der Waals surface area contributed by atoms with Crippen LogP contribution in [0.25, 0.3) is 10.4 Å². The first-order valence-corrected chi connectivity index (χ1v) is 11.8. The van der Waals surface area contributed by atoms with Gasteiger partial charge in [-0.1, -0.05) is 52.0 Å². The number of benzene rings is 1. The summed E-state index contributed by atoms with van der Waals surface area (Å²) in [6.45, 7) is 10.7. The van der Waals surface area contributed by atoms with Crippen molar-refractivity contribution in [3.05, 3.63) is 41.0 Å². The van der Waals surface area contributed by atoms with Gasteiger partial charge in [-0.3, -0.25) is 9.59 Å². The largest absolute Gasteiger partial charge is 0.391 e. The molecule has 2 heterocycles. The van der Waals surface area contributed by atoms with Crippen LogP contribution < -0.4 is 5.32 Å². The number of hydrogen-bond donors (Lipinski definition) is 2. The lowest BCUT2D eigenvalue weighted by Gasteiger charge is -2.34. The minimum Gasteiger partial charge on any atom is -0.391 e. The van der Waals surface area contributed by atoms with E-state index < -0.39 is 12.1 Å². The number of aromatic nitrogens is 1. The highest BCUT2D eigenvalue weighted by Gasteiger charge is 2.43. The number of β-amino-alcohol motifs (C(OH)–C–C–N with tert-alkyl or cyclic N) is 1. The standard InChI is InChI=1S/C24H33N3O3S/c1-6-19(24(3,4)5)23(30)27-13-18(28)11-20(27)22(29)25-12-16-7-9-17(10-8-16)21-15(2)26-14-31-21/h7-10,14,18-20,28H,6,11-13H2,1-5H3,(H,25,29)/t18-,19+,20-/m0/s1. The quantitative estimate of drug-likeness (QED) is 0.712. The Balaban J connectivity index is 1.65. The number of carbonyl (C=O) groups excluding carboxylic acids is 2. The van der Waals surface area contributed by atoms with Crippen molar-refractivity contribution >= 4 is 23.2 Å². The summed E-state index contributed by atoms with van der Waals surface area (Å²) in [5, 5.41) is 13.1. The predicted molar refractivity (Wildman–Crippen MR) is 123 cm³/mol. The highest BCUT2D eigenvalue weighted by molar-refractivity contribution is 7.13. The van der Waals surface area contributed by atoms with Crippen LogP contribution in [-0.2, 0) is 16.1 Å². The number of aliphatic hydroxyl groups excluding tert-OH is 1. The summed E-state index contributed by atoms with van der Waals surface area (Å²) in [7, 11) is 0. The minimum atomic E-state index is -0.667. The van der Waals surface area contributed by atoms with Gasteiger partial charge in [0.05, 0.1) is 22.2 Å². The molecular weight excluding hydrogens is 410 g/mol. The lowest BCUT2D eigenvalue weighted by Crippen LogP contribution is -2.49. The summed E-state index contributed by atoms with van der Waals surface area (Å²) in [6, 6.07) is 7.43. The van der Waals surface area contributed by atoms with Crippen molar-refractivity contribution in [1.82, 2.24) is 15.2 Å². The second kappa shape index (κ2) is 9.49. The van der Waals surface area contributed by atoms with Crippen LogP contribution in [0.1, 0.15) is 51.8 Å². The molecule has 1 aromatic heterocycles. The molecular formula is C24H33N3O3S. The Hall–Kier alpha value is -2.25. The number of aryl methyl sites for hydroxylation is 1. The zero-order valence-electron chi connectivity index (χ0n) is 19.0. The van der Waals surface area contributed by atoms with Gasteiger partial charge < -0.3 is 15.3 Å². The molecule has 3 rings (SSSR count). The molecule has 1 aliphatic rings. The molecule has 3 atom stereocenters. The van der Waals surface area contributed by atoms with E-state index in [2.05, 4.69) is 10.3 Å². The van der Waals surface area contributed by atoms with Crippen molar-refractivity contribution < 1.29 is 14.7 Å². The number of hydrogen-bond acceptors (Lipinski definition) is 5. The number of carbonyl (C=O) groups is 2. The van der Waals surface area contributed by atoms with Gasteiger partial charge in [0.25, 0.3) is 0 Å². The van der Waals surface area contributed by atoms with Crippen molar-refractivity contribution in [1.29, 1.82) is 0 Å². The van der Waals surface area contributed by atoms with E-state index in [0.717, 1.165) is 21.7 Å². The van der Waals surface area contributed by atoms with Crippen LogP contribution in [0.15, 0.2) is 29.8 Å². The molecule has 168 valence electrons. The Labute approximate surface area is 188 Å². The van der Waals surface area contributed by atoms with Crippen LogP contribution in [0, 0.1) is 18.3 Å². The molecule has 6 nitrogen and oxygen atoms in total. The molecule has 0 unspecified atom stereocenters. The summed E-state index contributed by atoms with van der Waals surface area (Å²) >= 11 is 1.61. The van der Waals surface area contributed by atoms with E-state index in [9.17, 15) is 14.7 Å². The van der Waals surface area contributed by atoms with E-state index in [1.54, 1.807) is 16.2 Å². The molecule has 1 saturated heterocycles. The molecule has 31 heavy (non-hydrogen) atoms. The monoisotopic (exact) mass is 443 g/mol. The van der Waals surface area contributed by atoms with Gasteiger partial charge in [0, 0.05) is 25.4 Å². The maximum Gasteiger partial charge on any atom is 0.243 e. The Morgan fingerprint density at radius 1 is 1.29 bits per heavy atom. The van der Waals surface area contributed by atoms with E-state index >= 15 is 0 Å². The highest BCUT2D eigenvalue weighted by atomic mass is 32.1. The Bertz CT molecular complexity index is 917. The summed E-state index contributed by atoms with van der Waals surface area (Å²) in [4.78, 5) is 33.1. The number of aliphatic hydroxyl groups is 1. The third-order valence-corrected chi connectivity index (χ3v) is 7.02. The first-order valence-electron chi connectivity index (χ1n) is 10.9. The van der Waals surface area contributed by atoms with E-state index in [-0.39, 0.29) is 36.1 Å². The third kappa shape index (κ3) is 5.33. The molecule has 0 radical (unpaired) electrons. The molecule has 0 spiro atoms. The Morgan fingerprint density at radius 2 is 1.97 bits per heavy atom. The van der Waals surface area contributed by atoms with E-state index in [1.807, 2.05) is 64.4 Å². The normalized spacial score (nSPS) is 20.0. The van der Waals surface area contributed by atoms with Gasteiger partial charge in [0.1, 0.15) is 6.04 Å².